The largest absolute Gasteiger partial charge is 0.353 e. The Morgan fingerprint density at radius 2 is 1.75 bits per heavy atom. The Bertz CT molecular complexity index is 192. The fourth-order valence-corrected chi connectivity index (χ4v) is 1.49. The molecule has 0 heterocycles. The molecule has 0 radical (unpaired) electrons. The molecule has 1 amide bonds. The van der Waals surface area contributed by atoms with Crippen molar-refractivity contribution in [1.82, 2.24) is 10.6 Å². The molecule has 0 aromatic carbocycles. The van der Waals surface area contributed by atoms with Gasteiger partial charge in [-0.15, -0.1) is 0 Å². The second-order valence-corrected chi connectivity index (χ2v) is 5.09. The van der Waals surface area contributed by atoms with E-state index in [9.17, 15) is 4.79 Å². The summed E-state index contributed by atoms with van der Waals surface area (Å²) in [5, 5.41) is 6.26. The molecule has 2 atom stereocenters. The van der Waals surface area contributed by atoms with E-state index in [0.29, 0.717) is 12.0 Å². The third-order valence-electron chi connectivity index (χ3n) is 2.71. The van der Waals surface area contributed by atoms with Crippen molar-refractivity contribution in [3.63, 3.8) is 0 Å². The molecule has 96 valence electrons. The zero-order valence-electron chi connectivity index (χ0n) is 11.5. The van der Waals surface area contributed by atoms with E-state index in [0.717, 1.165) is 19.5 Å². The van der Waals surface area contributed by atoms with Gasteiger partial charge in [0.15, 0.2) is 0 Å². The van der Waals surface area contributed by atoms with Crippen LogP contribution in [-0.4, -0.2) is 25.0 Å². The predicted molar refractivity (Wildman–Crippen MR) is 69.4 cm³/mol. The average Bonchev–Trinajstić information content (AvgIpc) is 2.22. The van der Waals surface area contributed by atoms with Crippen LogP contribution in [0.2, 0.25) is 0 Å². The van der Waals surface area contributed by atoms with Crippen molar-refractivity contribution in [3.8, 4) is 0 Å². The maximum Gasteiger partial charge on any atom is 0.224 e. The molecule has 3 nitrogen and oxygen atoms in total. The molecule has 0 aromatic rings. The van der Waals surface area contributed by atoms with E-state index in [1.54, 1.807) is 0 Å². The molecular weight excluding hydrogens is 200 g/mol. The van der Waals surface area contributed by atoms with Gasteiger partial charge in [0.1, 0.15) is 0 Å². The lowest BCUT2D eigenvalue weighted by Gasteiger charge is -2.18. The second kappa shape index (κ2) is 8.57. The first kappa shape index (κ1) is 15.4. The summed E-state index contributed by atoms with van der Waals surface area (Å²) in [6.07, 6.45) is 2.24. The molecule has 0 spiro atoms. The summed E-state index contributed by atoms with van der Waals surface area (Å²) in [5.74, 6) is 0.928. The SMILES string of the molecule is CCNCC(C)C(=O)NC(C)CCC(C)C. The standard InChI is InChI=1S/C13H28N2O/c1-6-14-9-11(4)13(16)15-12(5)8-7-10(2)3/h10-12,14H,6-9H2,1-5H3,(H,15,16). The summed E-state index contributed by atoms with van der Waals surface area (Å²) in [6.45, 7) is 12.2. The molecule has 0 rings (SSSR count). The zero-order valence-corrected chi connectivity index (χ0v) is 11.5. The van der Waals surface area contributed by atoms with Gasteiger partial charge in [0, 0.05) is 18.5 Å². The Morgan fingerprint density at radius 1 is 1.12 bits per heavy atom. The van der Waals surface area contributed by atoms with Crippen molar-refractivity contribution in [2.75, 3.05) is 13.1 Å². The molecule has 0 saturated heterocycles. The quantitative estimate of drug-likeness (QED) is 0.668. The lowest BCUT2D eigenvalue weighted by molar-refractivity contribution is -0.125. The molecule has 2 N–H and O–H groups in total. The van der Waals surface area contributed by atoms with Crippen molar-refractivity contribution in [3.05, 3.63) is 0 Å². The van der Waals surface area contributed by atoms with Crippen LogP contribution in [0.25, 0.3) is 0 Å². The first-order chi connectivity index (χ1) is 7.47. The van der Waals surface area contributed by atoms with Crippen LogP contribution in [0.5, 0.6) is 0 Å². The highest BCUT2D eigenvalue weighted by molar-refractivity contribution is 5.78. The van der Waals surface area contributed by atoms with E-state index >= 15 is 0 Å². The molecule has 0 bridgehead atoms. The van der Waals surface area contributed by atoms with E-state index < -0.39 is 0 Å². The molecule has 16 heavy (non-hydrogen) atoms. The summed E-state index contributed by atoms with van der Waals surface area (Å²) in [5.41, 5.74) is 0. The molecule has 3 heteroatoms. The Hall–Kier alpha value is -0.570. The Labute approximate surface area is 100 Å². The predicted octanol–water partition coefficient (Wildman–Crippen LogP) is 2.17. The van der Waals surface area contributed by atoms with Crippen LogP contribution < -0.4 is 10.6 Å². The van der Waals surface area contributed by atoms with Gasteiger partial charge in [-0.05, 0) is 32.2 Å². The van der Waals surface area contributed by atoms with Crippen molar-refractivity contribution in [1.29, 1.82) is 0 Å². The average molecular weight is 228 g/mol. The molecular formula is C13H28N2O. The van der Waals surface area contributed by atoms with Crippen molar-refractivity contribution in [2.24, 2.45) is 11.8 Å². The lowest BCUT2D eigenvalue weighted by atomic mass is 10.0. The van der Waals surface area contributed by atoms with Crippen LogP contribution in [0.3, 0.4) is 0 Å². The molecule has 2 unspecified atom stereocenters. The first-order valence-corrected chi connectivity index (χ1v) is 6.48. The molecule has 0 aliphatic carbocycles. The van der Waals surface area contributed by atoms with Crippen LogP contribution in [0.4, 0.5) is 0 Å². The Balaban J connectivity index is 3.76. The minimum atomic E-state index is 0.0569. The number of rotatable bonds is 8. The fraction of sp³-hybridized carbons (Fsp3) is 0.923. The molecule has 0 aliphatic heterocycles. The van der Waals surface area contributed by atoms with Gasteiger partial charge in [0.2, 0.25) is 5.91 Å². The van der Waals surface area contributed by atoms with Gasteiger partial charge in [-0.25, -0.2) is 0 Å². The van der Waals surface area contributed by atoms with Crippen LogP contribution in [0.1, 0.15) is 47.5 Å². The number of nitrogens with one attached hydrogen (secondary N) is 2. The van der Waals surface area contributed by atoms with Crippen LogP contribution >= 0.6 is 0 Å². The third-order valence-corrected chi connectivity index (χ3v) is 2.71. The van der Waals surface area contributed by atoms with E-state index in [1.165, 1.54) is 6.42 Å². The van der Waals surface area contributed by atoms with Crippen molar-refractivity contribution >= 4 is 5.91 Å². The molecule has 0 fully saturated rings. The summed E-state index contributed by atoms with van der Waals surface area (Å²) in [7, 11) is 0. The van der Waals surface area contributed by atoms with Gasteiger partial charge >= 0.3 is 0 Å². The number of carbonyl (C=O) groups is 1. The number of hydrogen-bond donors (Lipinski definition) is 2. The zero-order chi connectivity index (χ0) is 12.6. The summed E-state index contributed by atoms with van der Waals surface area (Å²) >= 11 is 0. The maximum absolute atomic E-state index is 11.8. The van der Waals surface area contributed by atoms with Crippen molar-refractivity contribution < 1.29 is 4.79 Å². The Morgan fingerprint density at radius 3 is 2.25 bits per heavy atom. The van der Waals surface area contributed by atoms with Gasteiger partial charge < -0.3 is 10.6 Å². The van der Waals surface area contributed by atoms with Gasteiger partial charge in [0.25, 0.3) is 0 Å². The van der Waals surface area contributed by atoms with Crippen molar-refractivity contribution in [2.45, 2.75) is 53.5 Å². The van der Waals surface area contributed by atoms with E-state index in [1.807, 2.05) is 6.92 Å². The van der Waals surface area contributed by atoms with Gasteiger partial charge in [-0.3, -0.25) is 4.79 Å². The van der Waals surface area contributed by atoms with Gasteiger partial charge in [-0.1, -0.05) is 27.7 Å². The van der Waals surface area contributed by atoms with E-state index in [-0.39, 0.29) is 11.8 Å². The first-order valence-electron chi connectivity index (χ1n) is 6.48. The summed E-state index contributed by atoms with van der Waals surface area (Å²) in [6, 6.07) is 0.291. The lowest BCUT2D eigenvalue weighted by Crippen LogP contribution is -2.40. The topological polar surface area (TPSA) is 41.1 Å². The smallest absolute Gasteiger partial charge is 0.224 e. The highest BCUT2D eigenvalue weighted by Crippen LogP contribution is 2.07. The minimum Gasteiger partial charge on any atom is -0.353 e. The van der Waals surface area contributed by atoms with E-state index in [2.05, 4.69) is 38.3 Å². The summed E-state index contributed by atoms with van der Waals surface area (Å²) in [4.78, 5) is 11.8. The Kier molecular flexibility index (Phi) is 8.26. The van der Waals surface area contributed by atoms with Gasteiger partial charge in [-0.2, -0.15) is 0 Å². The number of hydrogen-bond acceptors (Lipinski definition) is 2. The minimum absolute atomic E-state index is 0.0569. The maximum atomic E-state index is 11.8. The van der Waals surface area contributed by atoms with Crippen LogP contribution in [0.15, 0.2) is 0 Å². The van der Waals surface area contributed by atoms with Crippen LogP contribution in [0, 0.1) is 11.8 Å². The highest BCUT2D eigenvalue weighted by Gasteiger charge is 2.14. The summed E-state index contributed by atoms with van der Waals surface area (Å²) < 4.78 is 0. The normalized spacial score (nSPS) is 14.9. The third kappa shape index (κ3) is 7.69. The van der Waals surface area contributed by atoms with Gasteiger partial charge in [0.05, 0.1) is 0 Å². The number of carbonyl (C=O) groups excluding carboxylic acids is 1. The molecule has 0 aromatic heterocycles. The second-order valence-electron chi connectivity index (χ2n) is 5.09. The molecule has 0 saturated carbocycles. The monoisotopic (exact) mass is 228 g/mol. The van der Waals surface area contributed by atoms with Crippen LogP contribution in [-0.2, 0) is 4.79 Å². The van der Waals surface area contributed by atoms with E-state index in [4.69, 9.17) is 0 Å². The highest BCUT2D eigenvalue weighted by atomic mass is 16.1. The molecule has 0 aliphatic rings. The fourth-order valence-electron chi connectivity index (χ4n) is 1.49. The number of amides is 1.